The minimum absolute atomic E-state index is 0.500. The van der Waals surface area contributed by atoms with Crippen LogP contribution in [0.15, 0.2) is 36.5 Å². The van der Waals surface area contributed by atoms with Crippen LogP contribution in [0.25, 0.3) is 0 Å². The molecule has 16 heavy (non-hydrogen) atoms. The van der Waals surface area contributed by atoms with Gasteiger partial charge in [-0.3, -0.25) is 0 Å². The van der Waals surface area contributed by atoms with E-state index >= 15 is 0 Å². The molecule has 0 saturated heterocycles. The lowest BCUT2D eigenvalue weighted by atomic mass is 10.3. The zero-order valence-electron chi connectivity index (χ0n) is 8.77. The summed E-state index contributed by atoms with van der Waals surface area (Å²) in [5, 5.41) is 0.580. The monoisotopic (exact) mass is 234 g/mol. The molecular formula is C12H11ClN2O. The second-order valence-corrected chi connectivity index (χ2v) is 3.89. The number of aromatic nitrogens is 1. The van der Waals surface area contributed by atoms with Crippen molar-refractivity contribution in [3.8, 4) is 11.6 Å². The smallest absolute Gasteiger partial charge is 0.219 e. The molecule has 0 spiro atoms. The van der Waals surface area contributed by atoms with Gasteiger partial charge >= 0.3 is 0 Å². The van der Waals surface area contributed by atoms with E-state index in [1.54, 1.807) is 30.5 Å². The summed E-state index contributed by atoms with van der Waals surface area (Å²) in [6, 6.07) is 8.79. The summed E-state index contributed by atoms with van der Waals surface area (Å²) in [6.45, 7) is 1.96. The van der Waals surface area contributed by atoms with Crippen LogP contribution in [0.2, 0.25) is 5.02 Å². The topological polar surface area (TPSA) is 48.1 Å². The zero-order valence-corrected chi connectivity index (χ0v) is 9.53. The third-order valence-electron chi connectivity index (χ3n) is 2.07. The van der Waals surface area contributed by atoms with Crippen LogP contribution in [0.3, 0.4) is 0 Å². The molecule has 2 aromatic rings. The van der Waals surface area contributed by atoms with Gasteiger partial charge in [-0.1, -0.05) is 17.7 Å². The van der Waals surface area contributed by atoms with Crippen LogP contribution in [-0.4, -0.2) is 4.98 Å². The van der Waals surface area contributed by atoms with Crippen molar-refractivity contribution in [2.45, 2.75) is 6.92 Å². The quantitative estimate of drug-likeness (QED) is 0.810. The fraction of sp³-hybridized carbons (Fsp3) is 0.0833. The molecule has 3 nitrogen and oxygen atoms in total. The standard InChI is InChI=1S/C12H11ClN2O/c1-8-2-5-12(15-7-8)16-11-6-9(13)3-4-10(11)14/h2-7H,14H2,1H3. The van der Waals surface area contributed by atoms with Gasteiger partial charge < -0.3 is 10.5 Å². The molecule has 0 aliphatic heterocycles. The second-order valence-electron chi connectivity index (χ2n) is 3.46. The number of hydrogen-bond donors (Lipinski definition) is 1. The Balaban J connectivity index is 2.26. The van der Waals surface area contributed by atoms with Crippen molar-refractivity contribution in [3.63, 3.8) is 0 Å². The molecular weight excluding hydrogens is 224 g/mol. The van der Waals surface area contributed by atoms with E-state index in [2.05, 4.69) is 4.98 Å². The van der Waals surface area contributed by atoms with Crippen molar-refractivity contribution in [2.75, 3.05) is 5.73 Å². The highest BCUT2D eigenvalue weighted by atomic mass is 35.5. The maximum absolute atomic E-state index is 5.85. The SMILES string of the molecule is Cc1ccc(Oc2cc(Cl)ccc2N)nc1. The van der Waals surface area contributed by atoms with E-state index in [1.807, 2.05) is 13.0 Å². The van der Waals surface area contributed by atoms with Crippen LogP contribution >= 0.6 is 11.6 Å². The minimum Gasteiger partial charge on any atom is -0.437 e. The highest BCUT2D eigenvalue weighted by Crippen LogP contribution is 2.29. The van der Waals surface area contributed by atoms with E-state index in [0.717, 1.165) is 5.56 Å². The molecule has 0 aliphatic rings. The summed E-state index contributed by atoms with van der Waals surface area (Å²) in [6.07, 6.45) is 1.73. The Bertz CT molecular complexity index is 497. The van der Waals surface area contributed by atoms with E-state index in [-0.39, 0.29) is 0 Å². The Labute approximate surface area is 98.8 Å². The van der Waals surface area contributed by atoms with Crippen LogP contribution in [0.5, 0.6) is 11.6 Å². The number of ether oxygens (including phenoxy) is 1. The van der Waals surface area contributed by atoms with Crippen molar-refractivity contribution in [3.05, 3.63) is 47.1 Å². The summed E-state index contributed by atoms with van der Waals surface area (Å²) in [4.78, 5) is 4.12. The highest BCUT2D eigenvalue weighted by Gasteiger charge is 2.03. The molecule has 1 heterocycles. The number of aryl methyl sites for hydroxylation is 1. The van der Waals surface area contributed by atoms with Crippen LogP contribution in [0, 0.1) is 6.92 Å². The van der Waals surface area contributed by atoms with Gasteiger partial charge in [0.2, 0.25) is 5.88 Å². The van der Waals surface area contributed by atoms with E-state index < -0.39 is 0 Å². The third-order valence-corrected chi connectivity index (χ3v) is 2.31. The van der Waals surface area contributed by atoms with E-state index in [4.69, 9.17) is 22.1 Å². The molecule has 0 aliphatic carbocycles. The summed E-state index contributed by atoms with van der Waals surface area (Å²) in [5.74, 6) is 1.02. The average molecular weight is 235 g/mol. The Morgan fingerprint density at radius 2 is 2.06 bits per heavy atom. The van der Waals surface area contributed by atoms with Crippen LogP contribution in [-0.2, 0) is 0 Å². The van der Waals surface area contributed by atoms with Crippen LogP contribution in [0.1, 0.15) is 5.56 Å². The Morgan fingerprint density at radius 3 is 2.75 bits per heavy atom. The molecule has 0 atom stereocenters. The number of anilines is 1. The van der Waals surface area contributed by atoms with Gasteiger partial charge in [0.05, 0.1) is 5.69 Å². The predicted molar refractivity (Wildman–Crippen MR) is 64.9 cm³/mol. The van der Waals surface area contributed by atoms with E-state index in [9.17, 15) is 0 Å². The first-order chi connectivity index (χ1) is 7.65. The van der Waals surface area contributed by atoms with Gasteiger partial charge in [0, 0.05) is 23.4 Å². The Kier molecular flexibility index (Phi) is 2.97. The van der Waals surface area contributed by atoms with Gasteiger partial charge in [-0.2, -0.15) is 0 Å². The van der Waals surface area contributed by atoms with Gasteiger partial charge in [0.15, 0.2) is 5.75 Å². The number of hydrogen-bond acceptors (Lipinski definition) is 3. The fourth-order valence-corrected chi connectivity index (χ4v) is 1.39. The third kappa shape index (κ3) is 2.44. The lowest BCUT2D eigenvalue weighted by Crippen LogP contribution is -1.93. The first kappa shape index (κ1) is 10.8. The van der Waals surface area contributed by atoms with E-state index in [0.29, 0.717) is 22.3 Å². The summed E-state index contributed by atoms with van der Waals surface area (Å²) in [7, 11) is 0. The maximum atomic E-state index is 5.85. The lowest BCUT2D eigenvalue weighted by Gasteiger charge is -2.07. The first-order valence-corrected chi connectivity index (χ1v) is 5.18. The number of nitrogen functional groups attached to an aromatic ring is 1. The molecule has 0 saturated carbocycles. The van der Waals surface area contributed by atoms with Crippen molar-refractivity contribution in [2.24, 2.45) is 0 Å². The first-order valence-electron chi connectivity index (χ1n) is 4.81. The molecule has 0 bridgehead atoms. The maximum Gasteiger partial charge on any atom is 0.219 e. The number of pyridine rings is 1. The van der Waals surface area contributed by atoms with Crippen LogP contribution < -0.4 is 10.5 Å². The summed E-state index contributed by atoms with van der Waals surface area (Å²) < 4.78 is 5.52. The number of halogens is 1. The lowest BCUT2D eigenvalue weighted by molar-refractivity contribution is 0.465. The molecule has 82 valence electrons. The molecule has 0 radical (unpaired) electrons. The summed E-state index contributed by atoms with van der Waals surface area (Å²) in [5.41, 5.74) is 7.37. The van der Waals surface area contributed by atoms with Gasteiger partial charge in [-0.05, 0) is 24.6 Å². The van der Waals surface area contributed by atoms with Crippen molar-refractivity contribution in [1.82, 2.24) is 4.98 Å². The molecule has 2 N–H and O–H groups in total. The summed E-state index contributed by atoms with van der Waals surface area (Å²) >= 11 is 5.85. The van der Waals surface area contributed by atoms with E-state index in [1.165, 1.54) is 0 Å². The van der Waals surface area contributed by atoms with Gasteiger partial charge in [0.1, 0.15) is 0 Å². The fourth-order valence-electron chi connectivity index (χ4n) is 1.22. The molecule has 0 fully saturated rings. The Hall–Kier alpha value is -1.74. The van der Waals surface area contributed by atoms with Gasteiger partial charge in [0.25, 0.3) is 0 Å². The normalized spacial score (nSPS) is 10.1. The highest BCUT2D eigenvalue weighted by molar-refractivity contribution is 6.30. The Morgan fingerprint density at radius 1 is 1.25 bits per heavy atom. The second kappa shape index (κ2) is 4.41. The van der Waals surface area contributed by atoms with Crippen LogP contribution in [0.4, 0.5) is 5.69 Å². The van der Waals surface area contributed by atoms with Crippen molar-refractivity contribution >= 4 is 17.3 Å². The van der Waals surface area contributed by atoms with Gasteiger partial charge in [-0.15, -0.1) is 0 Å². The largest absolute Gasteiger partial charge is 0.437 e. The zero-order chi connectivity index (χ0) is 11.5. The van der Waals surface area contributed by atoms with Crippen molar-refractivity contribution in [1.29, 1.82) is 0 Å². The molecule has 2 rings (SSSR count). The minimum atomic E-state index is 0.500. The molecule has 1 aromatic heterocycles. The average Bonchev–Trinajstić information content (AvgIpc) is 2.27. The number of nitrogens with zero attached hydrogens (tertiary/aromatic N) is 1. The number of benzene rings is 1. The number of nitrogens with two attached hydrogens (primary N) is 1. The van der Waals surface area contributed by atoms with Gasteiger partial charge in [-0.25, -0.2) is 4.98 Å². The number of rotatable bonds is 2. The molecule has 0 amide bonds. The van der Waals surface area contributed by atoms with Crippen molar-refractivity contribution < 1.29 is 4.74 Å². The molecule has 1 aromatic carbocycles. The molecule has 0 unspecified atom stereocenters. The molecule has 4 heteroatoms. The predicted octanol–water partition coefficient (Wildman–Crippen LogP) is 3.42.